The number of carbonyl (C=O) groups excluding carboxylic acids is 1. The lowest BCUT2D eigenvalue weighted by Crippen LogP contribution is -2.31. The van der Waals surface area contributed by atoms with Gasteiger partial charge in [-0.15, -0.1) is 11.8 Å². The predicted octanol–water partition coefficient (Wildman–Crippen LogP) is 5.02. The van der Waals surface area contributed by atoms with E-state index in [0.29, 0.717) is 23.4 Å². The van der Waals surface area contributed by atoms with Crippen LogP contribution >= 0.6 is 11.8 Å². The van der Waals surface area contributed by atoms with Gasteiger partial charge >= 0.3 is 11.9 Å². The zero-order chi connectivity index (χ0) is 27.8. The number of benzene rings is 3. The number of aliphatic carboxylic acids is 1. The van der Waals surface area contributed by atoms with Crippen LogP contribution in [0.5, 0.6) is 0 Å². The molecule has 204 valence electrons. The summed E-state index contributed by atoms with van der Waals surface area (Å²) < 4.78 is 12.7. The van der Waals surface area contributed by atoms with Crippen LogP contribution in [0.1, 0.15) is 58.7 Å². The fraction of sp³-hybridized carbons (Fsp3) is 0.276. The third kappa shape index (κ3) is 8.14. The number of hydrogen-bond donors (Lipinski definition) is 4. The first kappa shape index (κ1) is 28.3. The number of carboxylic acid groups (broad SMARTS) is 2. The molecular weight excluding hydrogens is 522 g/mol. The lowest BCUT2D eigenvalue weighted by atomic mass is 10.0. The van der Waals surface area contributed by atoms with Crippen molar-refractivity contribution in [3.63, 3.8) is 0 Å². The average molecular weight is 552 g/mol. The molecule has 1 saturated heterocycles. The summed E-state index contributed by atoms with van der Waals surface area (Å²) in [5.74, 6) is -1.81. The highest BCUT2D eigenvalue weighted by molar-refractivity contribution is 7.99. The number of amides is 1. The first-order chi connectivity index (χ1) is 18.8. The predicted molar refractivity (Wildman–Crippen MR) is 144 cm³/mol. The molecule has 10 heteroatoms. The van der Waals surface area contributed by atoms with Gasteiger partial charge in [0, 0.05) is 34.7 Å². The summed E-state index contributed by atoms with van der Waals surface area (Å²) in [5.41, 5.74) is 3.17. The van der Waals surface area contributed by atoms with Gasteiger partial charge in [-0.2, -0.15) is 0 Å². The lowest BCUT2D eigenvalue weighted by molar-refractivity contribution is -0.245. The standard InChI is InChI=1S/C29H29NO8S/c31-16-18-4-6-19(7-5-18)25-15-23(17-39-24-10-8-20(9-11-24)28(35)36)37-29(38-25)21-2-1-3-22(14-21)30-26(32)12-13-27(33)34/h1-11,14,23,25,29,31H,12-13,15-17H2,(H,30,32)(H,33,34)(H,35,36). The first-order valence-corrected chi connectivity index (χ1v) is 13.4. The van der Waals surface area contributed by atoms with Gasteiger partial charge in [-0.1, -0.05) is 36.4 Å². The van der Waals surface area contributed by atoms with Gasteiger partial charge < -0.3 is 30.1 Å². The second-order valence-electron chi connectivity index (χ2n) is 9.06. The topological polar surface area (TPSA) is 142 Å². The number of ether oxygens (including phenoxy) is 2. The molecule has 0 radical (unpaired) electrons. The van der Waals surface area contributed by atoms with Crippen molar-refractivity contribution >= 4 is 35.3 Å². The summed E-state index contributed by atoms with van der Waals surface area (Å²) >= 11 is 1.56. The Morgan fingerprint density at radius 3 is 2.31 bits per heavy atom. The van der Waals surface area contributed by atoms with Gasteiger partial charge in [0.1, 0.15) is 0 Å². The van der Waals surface area contributed by atoms with Gasteiger partial charge in [-0.05, 0) is 47.5 Å². The van der Waals surface area contributed by atoms with E-state index in [0.717, 1.165) is 16.0 Å². The lowest BCUT2D eigenvalue weighted by Gasteiger charge is -2.36. The molecule has 0 aliphatic carbocycles. The highest BCUT2D eigenvalue weighted by Gasteiger charge is 2.32. The van der Waals surface area contributed by atoms with E-state index in [9.17, 15) is 19.5 Å². The summed E-state index contributed by atoms with van der Waals surface area (Å²) in [6.07, 6.45) is -1.02. The molecule has 1 fully saturated rings. The SMILES string of the molecule is O=C(O)CCC(=O)Nc1cccc(C2OC(CSc3ccc(C(=O)O)cc3)CC(c3ccc(CO)cc3)O2)c1. The Labute approximate surface area is 229 Å². The van der Waals surface area contributed by atoms with Crippen molar-refractivity contribution in [2.75, 3.05) is 11.1 Å². The van der Waals surface area contributed by atoms with Crippen LogP contribution in [0.25, 0.3) is 0 Å². The summed E-state index contributed by atoms with van der Waals surface area (Å²) in [7, 11) is 0. The largest absolute Gasteiger partial charge is 0.481 e. The molecule has 1 heterocycles. The number of anilines is 1. The second kappa shape index (κ2) is 13.4. The van der Waals surface area contributed by atoms with Crippen LogP contribution in [0.2, 0.25) is 0 Å². The van der Waals surface area contributed by atoms with Gasteiger partial charge in [-0.3, -0.25) is 9.59 Å². The number of aliphatic hydroxyl groups excluding tert-OH is 1. The molecule has 1 amide bonds. The minimum Gasteiger partial charge on any atom is -0.481 e. The number of carboxylic acids is 2. The first-order valence-electron chi connectivity index (χ1n) is 12.4. The highest BCUT2D eigenvalue weighted by atomic mass is 32.2. The number of carbonyl (C=O) groups is 3. The minimum absolute atomic E-state index is 0.0531. The Bertz CT molecular complexity index is 1300. The zero-order valence-electron chi connectivity index (χ0n) is 21.0. The van der Waals surface area contributed by atoms with Crippen molar-refractivity contribution in [2.45, 2.75) is 49.3 Å². The molecule has 4 N–H and O–H groups in total. The van der Waals surface area contributed by atoms with Crippen LogP contribution < -0.4 is 5.32 Å². The van der Waals surface area contributed by atoms with Crippen LogP contribution in [0.15, 0.2) is 77.7 Å². The van der Waals surface area contributed by atoms with Crippen LogP contribution in [-0.4, -0.2) is 45.0 Å². The van der Waals surface area contributed by atoms with Crippen LogP contribution in [-0.2, 0) is 25.7 Å². The number of hydrogen-bond acceptors (Lipinski definition) is 7. The fourth-order valence-corrected chi connectivity index (χ4v) is 5.03. The third-order valence-electron chi connectivity index (χ3n) is 6.16. The van der Waals surface area contributed by atoms with E-state index in [1.165, 1.54) is 0 Å². The molecule has 3 aromatic rings. The van der Waals surface area contributed by atoms with Crippen molar-refractivity contribution in [2.24, 2.45) is 0 Å². The molecule has 39 heavy (non-hydrogen) atoms. The maximum absolute atomic E-state index is 12.1. The molecule has 1 aliphatic heterocycles. The summed E-state index contributed by atoms with van der Waals surface area (Å²) in [6.45, 7) is -0.0531. The zero-order valence-corrected chi connectivity index (χ0v) is 21.8. The van der Waals surface area contributed by atoms with E-state index in [-0.39, 0.29) is 37.2 Å². The Kier molecular flexibility index (Phi) is 9.72. The molecule has 9 nitrogen and oxygen atoms in total. The highest BCUT2D eigenvalue weighted by Crippen LogP contribution is 2.40. The number of nitrogens with one attached hydrogen (secondary N) is 1. The molecule has 0 saturated carbocycles. The van der Waals surface area contributed by atoms with E-state index in [1.54, 1.807) is 54.2 Å². The molecule has 0 spiro atoms. The third-order valence-corrected chi connectivity index (χ3v) is 7.30. The van der Waals surface area contributed by atoms with Crippen LogP contribution in [0.4, 0.5) is 5.69 Å². The quantitative estimate of drug-likeness (QED) is 0.242. The van der Waals surface area contributed by atoms with E-state index in [1.807, 2.05) is 30.3 Å². The molecule has 3 aromatic carbocycles. The molecule has 3 unspecified atom stereocenters. The molecule has 0 aromatic heterocycles. The summed E-state index contributed by atoms with van der Waals surface area (Å²) in [6, 6.07) is 21.3. The van der Waals surface area contributed by atoms with Gasteiger partial charge in [0.15, 0.2) is 6.29 Å². The molecule has 1 aliphatic rings. The van der Waals surface area contributed by atoms with Gasteiger partial charge in [0.05, 0.1) is 30.8 Å². The number of rotatable bonds is 11. The van der Waals surface area contributed by atoms with Crippen molar-refractivity contribution in [3.05, 3.63) is 95.1 Å². The van der Waals surface area contributed by atoms with Crippen molar-refractivity contribution in [1.29, 1.82) is 0 Å². The molecular formula is C29H29NO8S. The normalized spacial score (nSPS) is 18.8. The monoisotopic (exact) mass is 551 g/mol. The molecule has 0 bridgehead atoms. The Morgan fingerprint density at radius 1 is 0.897 bits per heavy atom. The average Bonchev–Trinajstić information content (AvgIpc) is 2.95. The minimum atomic E-state index is -1.04. The van der Waals surface area contributed by atoms with Crippen molar-refractivity contribution in [3.8, 4) is 0 Å². The van der Waals surface area contributed by atoms with E-state index >= 15 is 0 Å². The summed E-state index contributed by atoms with van der Waals surface area (Å²) in [4.78, 5) is 35.0. The van der Waals surface area contributed by atoms with E-state index in [2.05, 4.69) is 5.32 Å². The van der Waals surface area contributed by atoms with Crippen LogP contribution in [0.3, 0.4) is 0 Å². The molecule has 4 rings (SSSR count). The second-order valence-corrected chi connectivity index (χ2v) is 10.2. The Balaban J connectivity index is 1.50. The molecule has 3 atom stereocenters. The van der Waals surface area contributed by atoms with E-state index in [4.69, 9.17) is 19.7 Å². The Hall–Kier alpha value is -3.70. The van der Waals surface area contributed by atoms with Crippen molar-refractivity contribution < 1.29 is 39.2 Å². The smallest absolute Gasteiger partial charge is 0.335 e. The number of thioether (sulfide) groups is 1. The van der Waals surface area contributed by atoms with Gasteiger partial charge in [-0.25, -0.2) is 4.79 Å². The van der Waals surface area contributed by atoms with E-state index < -0.39 is 24.1 Å². The van der Waals surface area contributed by atoms with Gasteiger partial charge in [0.2, 0.25) is 5.91 Å². The number of aromatic carboxylic acids is 1. The van der Waals surface area contributed by atoms with Crippen LogP contribution in [0, 0.1) is 0 Å². The fourth-order valence-electron chi connectivity index (χ4n) is 4.11. The summed E-state index contributed by atoms with van der Waals surface area (Å²) in [5, 5.41) is 30.1. The number of aliphatic hydroxyl groups is 1. The maximum atomic E-state index is 12.1. The van der Waals surface area contributed by atoms with Crippen molar-refractivity contribution in [1.82, 2.24) is 0 Å². The van der Waals surface area contributed by atoms with Gasteiger partial charge in [0.25, 0.3) is 0 Å². The Morgan fingerprint density at radius 2 is 1.64 bits per heavy atom. The maximum Gasteiger partial charge on any atom is 0.335 e.